The van der Waals surface area contributed by atoms with E-state index in [-0.39, 0.29) is 24.4 Å². The van der Waals surface area contributed by atoms with Crippen LogP contribution in [-0.2, 0) is 11.2 Å². The van der Waals surface area contributed by atoms with Crippen molar-refractivity contribution in [1.29, 1.82) is 0 Å². The highest BCUT2D eigenvalue weighted by Crippen LogP contribution is 2.31. The van der Waals surface area contributed by atoms with Crippen molar-refractivity contribution >= 4 is 29.7 Å². The molecule has 148 valence electrons. The third kappa shape index (κ3) is 5.41. The Balaban J connectivity index is 0.00000280. The molecule has 2 aromatic carbocycles. The maximum Gasteiger partial charge on any atom is 0.237 e. The smallest absolute Gasteiger partial charge is 0.237 e. The van der Waals surface area contributed by atoms with Crippen LogP contribution in [0.25, 0.3) is 10.6 Å². The predicted octanol–water partition coefficient (Wildman–Crippen LogP) is 4.60. The number of aryl methyl sites for hydroxylation is 2. The van der Waals surface area contributed by atoms with Gasteiger partial charge in [-0.2, -0.15) is 0 Å². The molecule has 28 heavy (non-hydrogen) atoms. The molecule has 3 aromatic rings. The van der Waals surface area contributed by atoms with Crippen LogP contribution in [0.15, 0.2) is 54.6 Å². The van der Waals surface area contributed by atoms with Crippen LogP contribution < -0.4 is 11.1 Å². The Hall–Kier alpha value is -2.21. The molecular weight excluding hydrogens is 390 g/mol. The number of amides is 1. The van der Waals surface area contributed by atoms with Gasteiger partial charge in [-0.25, -0.2) is 4.98 Å². The zero-order valence-corrected chi connectivity index (χ0v) is 17.9. The second-order valence-electron chi connectivity index (χ2n) is 6.86. The number of aromatic nitrogens is 1. The summed E-state index contributed by atoms with van der Waals surface area (Å²) in [7, 11) is 0. The normalized spacial score (nSPS) is 12.7. The third-order valence-corrected chi connectivity index (χ3v) is 5.91. The first-order chi connectivity index (χ1) is 12.9. The van der Waals surface area contributed by atoms with E-state index in [4.69, 9.17) is 5.73 Å². The quantitative estimate of drug-likeness (QED) is 0.618. The van der Waals surface area contributed by atoms with E-state index >= 15 is 0 Å². The number of rotatable bonds is 6. The number of carbonyl (C=O) groups is 1. The van der Waals surface area contributed by atoms with Gasteiger partial charge in [0.25, 0.3) is 0 Å². The second-order valence-corrected chi connectivity index (χ2v) is 7.89. The van der Waals surface area contributed by atoms with Gasteiger partial charge < -0.3 is 11.1 Å². The fraction of sp³-hybridized carbons (Fsp3) is 0.273. The minimum atomic E-state index is -0.570. The largest absolute Gasteiger partial charge is 0.347 e. The summed E-state index contributed by atoms with van der Waals surface area (Å²) in [4.78, 5) is 18.3. The number of benzene rings is 2. The molecule has 0 aliphatic carbocycles. The van der Waals surface area contributed by atoms with E-state index < -0.39 is 6.04 Å². The number of halogens is 1. The molecule has 4 nitrogen and oxygen atoms in total. The summed E-state index contributed by atoms with van der Waals surface area (Å²) in [6.07, 6.45) is 0.523. The highest BCUT2D eigenvalue weighted by Gasteiger charge is 2.20. The molecule has 1 heterocycles. The first-order valence-electron chi connectivity index (χ1n) is 9.08. The van der Waals surface area contributed by atoms with Crippen molar-refractivity contribution in [3.63, 3.8) is 0 Å². The summed E-state index contributed by atoms with van der Waals surface area (Å²) < 4.78 is 0. The summed E-state index contributed by atoms with van der Waals surface area (Å²) >= 11 is 1.62. The topological polar surface area (TPSA) is 68.0 Å². The van der Waals surface area contributed by atoms with E-state index in [0.717, 1.165) is 26.7 Å². The summed E-state index contributed by atoms with van der Waals surface area (Å²) in [6.45, 7) is 6.03. The third-order valence-electron chi connectivity index (χ3n) is 4.52. The van der Waals surface area contributed by atoms with Crippen LogP contribution in [0.4, 0.5) is 0 Å². The van der Waals surface area contributed by atoms with Gasteiger partial charge in [-0.05, 0) is 32.8 Å². The van der Waals surface area contributed by atoms with Crippen molar-refractivity contribution in [1.82, 2.24) is 10.3 Å². The van der Waals surface area contributed by atoms with Gasteiger partial charge in [-0.15, -0.1) is 23.7 Å². The molecule has 0 saturated carbocycles. The average molecular weight is 416 g/mol. The number of nitrogens with zero attached hydrogens (tertiary/aromatic N) is 1. The Morgan fingerprint density at radius 1 is 1.11 bits per heavy atom. The zero-order chi connectivity index (χ0) is 19.4. The fourth-order valence-electron chi connectivity index (χ4n) is 2.98. The van der Waals surface area contributed by atoms with Gasteiger partial charge >= 0.3 is 0 Å². The Labute approximate surface area is 176 Å². The van der Waals surface area contributed by atoms with E-state index in [0.29, 0.717) is 6.42 Å². The lowest BCUT2D eigenvalue weighted by Crippen LogP contribution is -2.42. The van der Waals surface area contributed by atoms with Gasteiger partial charge in [0.1, 0.15) is 5.01 Å². The molecule has 0 spiro atoms. The van der Waals surface area contributed by atoms with Gasteiger partial charge in [-0.1, -0.05) is 60.2 Å². The lowest BCUT2D eigenvalue weighted by molar-refractivity contribution is -0.122. The number of nitrogens with one attached hydrogen (secondary N) is 1. The molecule has 3 N–H and O–H groups in total. The van der Waals surface area contributed by atoms with Crippen molar-refractivity contribution < 1.29 is 4.79 Å². The summed E-state index contributed by atoms with van der Waals surface area (Å²) in [5, 5.41) is 4.01. The van der Waals surface area contributed by atoms with Gasteiger partial charge in [0.05, 0.1) is 22.7 Å². The van der Waals surface area contributed by atoms with Gasteiger partial charge in [-0.3, -0.25) is 4.79 Å². The van der Waals surface area contributed by atoms with Crippen molar-refractivity contribution in [2.24, 2.45) is 5.73 Å². The zero-order valence-electron chi connectivity index (χ0n) is 16.3. The van der Waals surface area contributed by atoms with Crippen LogP contribution >= 0.6 is 23.7 Å². The Kier molecular flexibility index (Phi) is 7.75. The molecule has 0 aliphatic heterocycles. The maximum absolute atomic E-state index is 12.5. The van der Waals surface area contributed by atoms with E-state index in [1.165, 1.54) is 5.56 Å². The SMILES string of the molecule is Cc1ccc(-c2nc(C)c(C(C)NC(=O)[C@@H](N)Cc3ccccc3)s2)cc1.Cl. The number of hydrogen-bond donors (Lipinski definition) is 2. The number of hydrogen-bond acceptors (Lipinski definition) is 4. The first-order valence-corrected chi connectivity index (χ1v) is 9.90. The monoisotopic (exact) mass is 415 g/mol. The number of thiazole rings is 1. The molecule has 2 atom stereocenters. The fourth-order valence-corrected chi connectivity index (χ4v) is 4.05. The van der Waals surface area contributed by atoms with Crippen LogP contribution in [0.2, 0.25) is 0 Å². The molecule has 1 unspecified atom stereocenters. The molecule has 0 saturated heterocycles. The van der Waals surface area contributed by atoms with Crippen LogP contribution in [0.5, 0.6) is 0 Å². The van der Waals surface area contributed by atoms with E-state index in [1.54, 1.807) is 11.3 Å². The van der Waals surface area contributed by atoms with E-state index in [2.05, 4.69) is 41.5 Å². The number of carbonyl (C=O) groups excluding carboxylic acids is 1. The van der Waals surface area contributed by atoms with E-state index in [9.17, 15) is 4.79 Å². The van der Waals surface area contributed by atoms with Gasteiger partial charge in [0.15, 0.2) is 0 Å². The lowest BCUT2D eigenvalue weighted by atomic mass is 10.1. The minimum Gasteiger partial charge on any atom is -0.347 e. The highest BCUT2D eigenvalue weighted by molar-refractivity contribution is 7.15. The molecule has 1 amide bonds. The molecule has 1 aromatic heterocycles. The van der Waals surface area contributed by atoms with E-state index in [1.807, 2.05) is 44.2 Å². The molecule has 0 bridgehead atoms. The lowest BCUT2D eigenvalue weighted by Gasteiger charge is -2.17. The van der Waals surface area contributed by atoms with Crippen LogP contribution in [0.1, 0.15) is 34.7 Å². The Bertz CT molecular complexity index is 909. The minimum absolute atomic E-state index is 0. The summed E-state index contributed by atoms with van der Waals surface area (Å²) in [5.41, 5.74) is 10.4. The number of nitrogens with two attached hydrogens (primary N) is 1. The predicted molar refractivity (Wildman–Crippen MR) is 119 cm³/mol. The van der Waals surface area contributed by atoms with Crippen LogP contribution in [0.3, 0.4) is 0 Å². The highest BCUT2D eigenvalue weighted by atomic mass is 35.5. The molecule has 0 radical (unpaired) electrons. The first kappa shape index (κ1) is 22.1. The molecule has 6 heteroatoms. The second kappa shape index (κ2) is 9.82. The van der Waals surface area contributed by atoms with Crippen molar-refractivity contribution in [2.45, 2.75) is 39.3 Å². The molecular formula is C22H26ClN3OS. The molecule has 0 aliphatic rings. The summed E-state index contributed by atoms with van der Waals surface area (Å²) in [6, 6.07) is 17.5. The average Bonchev–Trinajstić information content (AvgIpc) is 3.05. The Morgan fingerprint density at radius 2 is 1.75 bits per heavy atom. The van der Waals surface area contributed by atoms with Crippen LogP contribution in [0, 0.1) is 13.8 Å². The van der Waals surface area contributed by atoms with Crippen molar-refractivity contribution in [3.8, 4) is 10.6 Å². The molecule has 3 rings (SSSR count). The maximum atomic E-state index is 12.5. The van der Waals surface area contributed by atoms with Crippen LogP contribution in [-0.4, -0.2) is 16.9 Å². The van der Waals surface area contributed by atoms with Gasteiger partial charge in [0.2, 0.25) is 5.91 Å². The standard InChI is InChI=1S/C22H25N3OS.ClH/c1-14-9-11-18(12-10-14)22-25-16(3)20(27-22)15(2)24-21(26)19(23)13-17-7-5-4-6-8-17;/h4-12,15,19H,13,23H2,1-3H3,(H,24,26);1H/t15?,19-;/m0./s1. The van der Waals surface area contributed by atoms with Gasteiger partial charge in [0, 0.05) is 5.56 Å². The van der Waals surface area contributed by atoms with Crippen molar-refractivity contribution in [2.75, 3.05) is 0 Å². The molecule has 0 fully saturated rings. The Morgan fingerprint density at radius 3 is 2.39 bits per heavy atom. The summed E-state index contributed by atoms with van der Waals surface area (Å²) in [5.74, 6) is -0.143. The van der Waals surface area contributed by atoms with Crippen molar-refractivity contribution in [3.05, 3.63) is 76.3 Å².